The molecule has 102 valence electrons. The second-order valence-electron chi connectivity index (χ2n) is 5.24. The molecule has 0 radical (unpaired) electrons. The number of nitrogens with two attached hydrogens (primary N) is 2. The van der Waals surface area contributed by atoms with Gasteiger partial charge in [0.2, 0.25) is 0 Å². The number of fused-ring (bicyclic) bond motifs is 1. The lowest BCUT2D eigenvalue weighted by Crippen LogP contribution is -1.97. The molecule has 0 aromatic heterocycles. The van der Waals surface area contributed by atoms with Crippen LogP contribution in [0.2, 0.25) is 0 Å². The largest absolute Gasteiger partial charge is 0.398 e. The zero-order valence-corrected chi connectivity index (χ0v) is 11.8. The lowest BCUT2D eigenvalue weighted by Gasteiger charge is -2.10. The van der Waals surface area contributed by atoms with Gasteiger partial charge in [-0.2, -0.15) is 0 Å². The summed E-state index contributed by atoms with van der Waals surface area (Å²) in [5.41, 5.74) is 15.2. The van der Waals surface area contributed by atoms with Crippen LogP contribution in [0.5, 0.6) is 0 Å². The minimum atomic E-state index is 0.804. The highest BCUT2D eigenvalue weighted by Gasteiger charge is 2.06. The van der Waals surface area contributed by atoms with Gasteiger partial charge in [-0.1, -0.05) is 56.9 Å². The second kappa shape index (κ2) is 6.46. The summed E-state index contributed by atoms with van der Waals surface area (Å²) in [4.78, 5) is 0. The van der Waals surface area contributed by atoms with Gasteiger partial charge < -0.3 is 11.5 Å². The Kier molecular flexibility index (Phi) is 4.67. The van der Waals surface area contributed by atoms with Crippen molar-refractivity contribution in [2.24, 2.45) is 0 Å². The average molecular weight is 256 g/mol. The Morgan fingerprint density at radius 3 is 2.42 bits per heavy atom. The molecule has 4 N–H and O–H groups in total. The van der Waals surface area contributed by atoms with E-state index in [1.165, 1.54) is 37.7 Å². The van der Waals surface area contributed by atoms with Crippen LogP contribution in [0.25, 0.3) is 10.8 Å². The fourth-order valence-corrected chi connectivity index (χ4v) is 2.59. The van der Waals surface area contributed by atoms with E-state index < -0.39 is 0 Å². The van der Waals surface area contributed by atoms with Crippen LogP contribution >= 0.6 is 0 Å². The molecule has 2 rings (SSSR count). The van der Waals surface area contributed by atoms with Gasteiger partial charge in [0, 0.05) is 22.1 Å². The predicted molar refractivity (Wildman–Crippen MR) is 85.2 cm³/mol. The Bertz CT molecular complexity index is 546. The molecule has 2 aromatic carbocycles. The molecule has 0 fully saturated rings. The van der Waals surface area contributed by atoms with Gasteiger partial charge in [-0.3, -0.25) is 0 Å². The Morgan fingerprint density at radius 2 is 1.63 bits per heavy atom. The summed E-state index contributed by atoms with van der Waals surface area (Å²) in [5.74, 6) is 0. The van der Waals surface area contributed by atoms with Gasteiger partial charge in [0.15, 0.2) is 0 Å². The molecular weight excluding hydrogens is 232 g/mol. The number of hydrogen-bond donors (Lipinski definition) is 2. The number of aryl methyl sites for hydroxylation is 1. The van der Waals surface area contributed by atoms with Crippen LogP contribution in [0, 0.1) is 0 Å². The molecule has 0 spiro atoms. The maximum Gasteiger partial charge on any atom is 0.0427 e. The highest BCUT2D eigenvalue weighted by atomic mass is 14.6. The van der Waals surface area contributed by atoms with Gasteiger partial charge in [0.1, 0.15) is 0 Å². The third-order valence-electron chi connectivity index (χ3n) is 3.78. The summed E-state index contributed by atoms with van der Waals surface area (Å²) in [5, 5.41) is 2.15. The number of benzene rings is 2. The van der Waals surface area contributed by atoms with Crippen LogP contribution in [-0.2, 0) is 6.42 Å². The summed E-state index contributed by atoms with van der Waals surface area (Å²) >= 11 is 0. The van der Waals surface area contributed by atoms with Crippen molar-refractivity contribution in [2.45, 2.75) is 45.4 Å². The maximum atomic E-state index is 6.27. The van der Waals surface area contributed by atoms with E-state index >= 15 is 0 Å². The first kappa shape index (κ1) is 13.7. The lowest BCUT2D eigenvalue weighted by molar-refractivity contribution is 0.633. The van der Waals surface area contributed by atoms with Crippen molar-refractivity contribution in [3.8, 4) is 0 Å². The smallest absolute Gasteiger partial charge is 0.0427 e. The van der Waals surface area contributed by atoms with Crippen molar-refractivity contribution < 1.29 is 0 Å². The molecule has 0 heterocycles. The molecule has 2 aromatic rings. The van der Waals surface area contributed by atoms with Crippen molar-refractivity contribution >= 4 is 22.1 Å². The van der Waals surface area contributed by atoms with Crippen molar-refractivity contribution in [1.82, 2.24) is 0 Å². The zero-order chi connectivity index (χ0) is 13.7. The lowest BCUT2D eigenvalue weighted by atomic mass is 9.99. The summed E-state index contributed by atoms with van der Waals surface area (Å²) in [6, 6.07) is 10.2. The molecule has 0 bridgehead atoms. The molecule has 19 heavy (non-hydrogen) atoms. The molecule has 2 heteroatoms. The third kappa shape index (κ3) is 3.19. The van der Waals surface area contributed by atoms with Gasteiger partial charge in [-0.25, -0.2) is 0 Å². The Hall–Kier alpha value is -1.70. The van der Waals surface area contributed by atoms with Crippen molar-refractivity contribution in [3.63, 3.8) is 0 Å². The second-order valence-corrected chi connectivity index (χ2v) is 5.24. The Labute approximate surface area is 115 Å². The summed E-state index contributed by atoms with van der Waals surface area (Å²) in [6.45, 7) is 2.24. The van der Waals surface area contributed by atoms with Crippen molar-refractivity contribution in [1.29, 1.82) is 0 Å². The zero-order valence-electron chi connectivity index (χ0n) is 11.8. The van der Waals surface area contributed by atoms with Crippen LogP contribution in [-0.4, -0.2) is 0 Å². The highest BCUT2D eigenvalue weighted by molar-refractivity contribution is 6.01. The number of nitrogen functional groups attached to an aromatic ring is 2. The number of rotatable bonds is 6. The first-order chi connectivity index (χ1) is 9.24. The van der Waals surface area contributed by atoms with E-state index in [9.17, 15) is 0 Å². The summed E-state index contributed by atoms with van der Waals surface area (Å²) in [7, 11) is 0. The Morgan fingerprint density at radius 1 is 0.842 bits per heavy atom. The Balaban J connectivity index is 2.10. The molecule has 0 saturated carbocycles. The normalized spacial score (nSPS) is 11.0. The predicted octanol–water partition coefficient (Wildman–Crippen LogP) is 4.52. The maximum absolute atomic E-state index is 6.27. The van der Waals surface area contributed by atoms with E-state index in [2.05, 4.69) is 25.1 Å². The molecule has 0 saturated heterocycles. The van der Waals surface area contributed by atoms with E-state index in [0.29, 0.717) is 0 Å². The number of hydrogen-bond acceptors (Lipinski definition) is 2. The van der Waals surface area contributed by atoms with Gasteiger partial charge in [0.25, 0.3) is 0 Å². The molecular formula is C17H24N2. The average Bonchev–Trinajstić information content (AvgIpc) is 2.42. The quantitative estimate of drug-likeness (QED) is 0.590. The molecule has 0 unspecified atom stereocenters. The van der Waals surface area contributed by atoms with Crippen LogP contribution < -0.4 is 11.5 Å². The molecule has 2 nitrogen and oxygen atoms in total. The summed E-state index contributed by atoms with van der Waals surface area (Å²) in [6.07, 6.45) is 7.54. The standard InChI is InChI=1S/C17H24N2/c1-2-3-4-5-6-8-13-11-12-14-15(17(13)19)9-7-10-16(14)18/h7,9-12H,2-6,8,18-19H2,1H3. The molecule has 0 aliphatic heterocycles. The van der Waals surface area contributed by atoms with E-state index in [-0.39, 0.29) is 0 Å². The van der Waals surface area contributed by atoms with Crippen molar-refractivity contribution in [3.05, 3.63) is 35.9 Å². The molecule has 0 atom stereocenters. The van der Waals surface area contributed by atoms with Gasteiger partial charge in [-0.05, 0) is 24.5 Å². The highest BCUT2D eigenvalue weighted by Crippen LogP contribution is 2.29. The minimum Gasteiger partial charge on any atom is -0.398 e. The minimum absolute atomic E-state index is 0.804. The molecule has 0 amide bonds. The summed E-state index contributed by atoms with van der Waals surface area (Å²) < 4.78 is 0. The molecule has 0 aliphatic carbocycles. The van der Waals surface area contributed by atoms with Crippen molar-refractivity contribution in [2.75, 3.05) is 11.5 Å². The van der Waals surface area contributed by atoms with Gasteiger partial charge in [0.05, 0.1) is 0 Å². The van der Waals surface area contributed by atoms with Gasteiger partial charge >= 0.3 is 0 Å². The SMILES string of the molecule is CCCCCCCc1ccc2c(N)cccc2c1N. The fraction of sp³-hybridized carbons (Fsp3) is 0.412. The van der Waals surface area contributed by atoms with Crippen LogP contribution in [0.1, 0.15) is 44.6 Å². The number of unbranched alkanes of at least 4 members (excludes halogenated alkanes) is 4. The van der Waals surface area contributed by atoms with E-state index in [0.717, 1.165) is 28.6 Å². The van der Waals surface area contributed by atoms with E-state index in [4.69, 9.17) is 11.5 Å². The topological polar surface area (TPSA) is 52.0 Å². The van der Waals surface area contributed by atoms with Crippen LogP contribution in [0.4, 0.5) is 11.4 Å². The molecule has 0 aliphatic rings. The van der Waals surface area contributed by atoms with E-state index in [1.807, 2.05) is 12.1 Å². The van der Waals surface area contributed by atoms with Crippen LogP contribution in [0.15, 0.2) is 30.3 Å². The number of anilines is 2. The third-order valence-corrected chi connectivity index (χ3v) is 3.78. The first-order valence-electron chi connectivity index (χ1n) is 7.29. The van der Waals surface area contributed by atoms with Crippen LogP contribution in [0.3, 0.4) is 0 Å². The van der Waals surface area contributed by atoms with E-state index in [1.54, 1.807) is 0 Å². The first-order valence-corrected chi connectivity index (χ1v) is 7.29. The monoisotopic (exact) mass is 256 g/mol. The van der Waals surface area contributed by atoms with Gasteiger partial charge in [-0.15, -0.1) is 0 Å². The fourth-order valence-electron chi connectivity index (χ4n) is 2.59.